The fourth-order valence-electron chi connectivity index (χ4n) is 2.50. The molecule has 0 aliphatic heterocycles. The summed E-state index contributed by atoms with van der Waals surface area (Å²) in [5.74, 6) is 0. The van der Waals surface area contributed by atoms with Crippen LogP contribution in [0.4, 0.5) is 0 Å². The topological polar surface area (TPSA) is 30.7 Å². The molecule has 4 rings (SSSR count). The van der Waals surface area contributed by atoms with Crippen LogP contribution in [0.1, 0.15) is 0 Å². The molecule has 0 saturated carbocycles. The summed E-state index contributed by atoms with van der Waals surface area (Å²) in [6.45, 7) is 0. The van der Waals surface area contributed by atoms with Crippen LogP contribution in [0.25, 0.3) is 27.7 Å². The number of nitrogens with zero attached hydrogens (tertiary/aromatic N) is 3. The van der Waals surface area contributed by atoms with Gasteiger partial charge >= 0.3 is 0 Å². The van der Waals surface area contributed by atoms with Crippen molar-refractivity contribution in [3.05, 3.63) is 79.0 Å². The highest BCUT2D eigenvalue weighted by molar-refractivity contribution is 5.89. The zero-order chi connectivity index (χ0) is 14.1. The minimum Gasteiger partial charge on any atom is -0.156 e. The Morgan fingerprint density at radius 1 is 0.714 bits per heavy atom. The smallest absolute Gasteiger partial charge is 0.113 e. The van der Waals surface area contributed by atoms with Gasteiger partial charge in [-0.15, -0.1) is 5.10 Å². The molecule has 0 amide bonds. The average molecular weight is 271 g/mol. The number of hydrogen-bond donors (Lipinski definition) is 0. The molecule has 1 aromatic heterocycles. The maximum Gasteiger partial charge on any atom is 0.113 e. The Bertz CT molecular complexity index is 889. The van der Waals surface area contributed by atoms with Crippen molar-refractivity contribution >= 4 is 10.8 Å². The first-order chi connectivity index (χ1) is 10.4. The first-order valence-electron chi connectivity index (χ1n) is 6.88. The van der Waals surface area contributed by atoms with Gasteiger partial charge in [0.1, 0.15) is 5.69 Å². The lowest BCUT2D eigenvalue weighted by Crippen LogP contribution is -1.99. The minimum atomic E-state index is 0.878. The SMILES string of the molecule is c1ccc(-c2cnn(-c3cccc4ccccc34)n2)cc1. The fraction of sp³-hybridized carbons (Fsp3) is 0. The summed E-state index contributed by atoms with van der Waals surface area (Å²) in [5.41, 5.74) is 2.95. The van der Waals surface area contributed by atoms with E-state index in [1.165, 1.54) is 5.39 Å². The molecule has 0 fully saturated rings. The molecule has 3 nitrogen and oxygen atoms in total. The van der Waals surface area contributed by atoms with E-state index >= 15 is 0 Å². The van der Waals surface area contributed by atoms with Crippen molar-refractivity contribution in [2.45, 2.75) is 0 Å². The first-order valence-corrected chi connectivity index (χ1v) is 6.88. The third kappa shape index (κ3) is 2.09. The van der Waals surface area contributed by atoms with Gasteiger partial charge in [-0.2, -0.15) is 9.90 Å². The molecule has 0 aliphatic carbocycles. The Morgan fingerprint density at radius 2 is 1.48 bits per heavy atom. The summed E-state index contributed by atoms with van der Waals surface area (Å²) in [7, 11) is 0. The van der Waals surface area contributed by atoms with Crippen LogP contribution in [0.3, 0.4) is 0 Å². The normalized spacial score (nSPS) is 10.9. The second-order valence-corrected chi connectivity index (χ2v) is 4.88. The molecule has 3 heteroatoms. The number of benzene rings is 3. The van der Waals surface area contributed by atoms with E-state index in [9.17, 15) is 0 Å². The van der Waals surface area contributed by atoms with Gasteiger partial charge < -0.3 is 0 Å². The Labute approximate surface area is 122 Å². The van der Waals surface area contributed by atoms with Gasteiger partial charge in [0.05, 0.1) is 11.9 Å². The lowest BCUT2D eigenvalue weighted by molar-refractivity contribution is 0.759. The minimum absolute atomic E-state index is 0.878. The number of fused-ring (bicyclic) bond motifs is 1. The van der Waals surface area contributed by atoms with Crippen LogP contribution in [-0.2, 0) is 0 Å². The first kappa shape index (κ1) is 11.9. The van der Waals surface area contributed by atoms with Crippen molar-refractivity contribution in [2.24, 2.45) is 0 Å². The van der Waals surface area contributed by atoms with Crippen molar-refractivity contribution in [3.63, 3.8) is 0 Å². The van der Waals surface area contributed by atoms with E-state index in [2.05, 4.69) is 28.4 Å². The molecule has 0 N–H and O–H groups in total. The Balaban J connectivity index is 1.85. The van der Waals surface area contributed by atoms with Gasteiger partial charge in [-0.1, -0.05) is 66.7 Å². The lowest BCUT2D eigenvalue weighted by Gasteiger charge is -2.04. The quantitative estimate of drug-likeness (QED) is 0.550. The van der Waals surface area contributed by atoms with Crippen LogP contribution in [0.5, 0.6) is 0 Å². The molecule has 0 spiro atoms. The molecule has 3 aromatic carbocycles. The number of hydrogen-bond acceptors (Lipinski definition) is 2. The predicted octanol–water partition coefficient (Wildman–Crippen LogP) is 4.09. The van der Waals surface area contributed by atoms with E-state index in [0.717, 1.165) is 22.3 Å². The van der Waals surface area contributed by atoms with Crippen molar-refractivity contribution in [1.29, 1.82) is 0 Å². The second-order valence-electron chi connectivity index (χ2n) is 4.88. The number of aromatic nitrogens is 3. The zero-order valence-electron chi connectivity index (χ0n) is 11.3. The Hall–Kier alpha value is -2.94. The lowest BCUT2D eigenvalue weighted by atomic mass is 10.1. The van der Waals surface area contributed by atoms with Crippen LogP contribution in [0.15, 0.2) is 79.0 Å². The van der Waals surface area contributed by atoms with Crippen molar-refractivity contribution in [3.8, 4) is 16.9 Å². The molecule has 21 heavy (non-hydrogen) atoms. The Kier molecular flexibility index (Phi) is 2.75. The molecule has 0 atom stereocenters. The second kappa shape index (κ2) is 4.87. The summed E-state index contributed by atoms with van der Waals surface area (Å²) in [5, 5.41) is 11.4. The van der Waals surface area contributed by atoms with Crippen molar-refractivity contribution in [2.75, 3.05) is 0 Å². The third-order valence-corrected chi connectivity index (χ3v) is 3.54. The molecule has 0 saturated heterocycles. The van der Waals surface area contributed by atoms with E-state index in [4.69, 9.17) is 0 Å². The predicted molar refractivity (Wildman–Crippen MR) is 84.3 cm³/mol. The maximum absolute atomic E-state index is 4.61. The molecule has 100 valence electrons. The molecular formula is C18H13N3. The van der Waals surface area contributed by atoms with E-state index in [0.29, 0.717) is 0 Å². The van der Waals surface area contributed by atoms with Gasteiger partial charge in [0.15, 0.2) is 0 Å². The average Bonchev–Trinajstić information content (AvgIpc) is 3.05. The monoisotopic (exact) mass is 271 g/mol. The highest BCUT2D eigenvalue weighted by atomic mass is 15.5. The Morgan fingerprint density at radius 3 is 2.38 bits per heavy atom. The summed E-state index contributed by atoms with van der Waals surface area (Å²) in [6, 6.07) is 24.5. The van der Waals surface area contributed by atoms with Gasteiger partial charge in [0.25, 0.3) is 0 Å². The van der Waals surface area contributed by atoms with E-state index in [1.807, 2.05) is 54.6 Å². The summed E-state index contributed by atoms with van der Waals surface area (Å²) in [4.78, 5) is 1.70. The zero-order valence-corrected chi connectivity index (χ0v) is 11.3. The molecule has 0 aliphatic rings. The van der Waals surface area contributed by atoms with Gasteiger partial charge in [-0.05, 0) is 11.5 Å². The molecule has 0 bridgehead atoms. The highest BCUT2D eigenvalue weighted by Gasteiger charge is 2.07. The van der Waals surface area contributed by atoms with E-state index in [1.54, 1.807) is 11.0 Å². The van der Waals surface area contributed by atoms with Crippen LogP contribution < -0.4 is 0 Å². The summed E-state index contributed by atoms with van der Waals surface area (Å²) in [6.07, 6.45) is 1.80. The third-order valence-electron chi connectivity index (χ3n) is 3.54. The molecule has 0 unspecified atom stereocenters. The van der Waals surface area contributed by atoms with Crippen LogP contribution >= 0.6 is 0 Å². The van der Waals surface area contributed by atoms with Gasteiger partial charge in [-0.25, -0.2) is 0 Å². The standard InChI is InChI=1S/C18H13N3/c1-2-8-15(9-3-1)17-13-19-21(20-17)18-12-6-10-14-7-4-5-11-16(14)18/h1-13H. The van der Waals surface area contributed by atoms with Crippen molar-refractivity contribution in [1.82, 2.24) is 15.0 Å². The van der Waals surface area contributed by atoms with Crippen LogP contribution in [0, 0.1) is 0 Å². The van der Waals surface area contributed by atoms with Gasteiger partial charge in [0, 0.05) is 10.9 Å². The van der Waals surface area contributed by atoms with Crippen LogP contribution in [-0.4, -0.2) is 15.0 Å². The van der Waals surface area contributed by atoms with Crippen molar-refractivity contribution < 1.29 is 0 Å². The van der Waals surface area contributed by atoms with E-state index < -0.39 is 0 Å². The fourth-order valence-corrected chi connectivity index (χ4v) is 2.50. The molecule has 1 heterocycles. The summed E-state index contributed by atoms with van der Waals surface area (Å²) < 4.78 is 0. The van der Waals surface area contributed by atoms with Crippen LogP contribution in [0.2, 0.25) is 0 Å². The maximum atomic E-state index is 4.61. The molecule has 0 radical (unpaired) electrons. The van der Waals surface area contributed by atoms with Gasteiger partial charge in [0.2, 0.25) is 0 Å². The molecule has 4 aromatic rings. The summed E-state index contributed by atoms with van der Waals surface area (Å²) >= 11 is 0. The van der Waals surface area contributed by atoms with Gasteiger partial charge in [-0.3, -0.25) is 0 Å². The number of rotatable bonds is 2. The molecular weight excluding hydrogens is 258 g/mol. The highest BCUT2D eigenvalue weighted by Crippen LogP contribution is 2.22. The van der Waals surface area contributed by atoms with E-state index in [-0.39, 0.29) is 0 Å². The largest absolute Gasteiger partial charge is 0.156 e.